The van der Waals surface area contributed by atoms with Crippen LogP contribution in [0.1, 0.15) is 5.56 Å². The van der Waals surface area contributed by atoms with Gasteiger partial charge in [0.05, 0.1) is 12.1 Å². The first-order valence-electron chi connectivity index (χ1n) is 10.3. The lowest BCUT2D eigenvalue weighted by atomic mass is 10.1. The van der Waals surface area contributed by atoms with Gasteiger partial charge in [0.2, 0.25) is 5.91 Å². The van der Waals surface area contributed by atoms with E-state index in [1.165, 1.54) is 6.33 Å². The second-order valence-corrected chi connectivity index (χ2v) is 8.61. The maximum Gasteiger partial charge on any atom is 0.406 e. The summed E-state index contributed by atoms with van der Waals surface area (Å²) in [6, 6.07) is 5.42. The van der Waals surface area contributed by atoms with Gasteiger partial charge in [0, 0.05) is 52.2 Å². The Labute approximate surface area is 188 Å². The molecule has 32 heavy (non-hydrogen) atoms. The zero-order chi connectivity index (χ0) is 23.0. The van der Waals surface area contributed by atoms with E-state index in [0.717, 1.165) is 36.3 Å². The van der Waals surface area contributed by atoms with Gasteiger partial charge in [0.1, 0.15) is 23.9 Å². The van der Waals surface area contributed by atoms with Crippen molar-refractivity contribution >= 4 is 39.4 Å². The molecule has 0 aliphatic carbocycles. The Bertz CT molecular complexity index is 1140. The van der Waals surface area contributed by atoms with Crippen LogP contribution in [0, 0.1) is 0 Å². The number of hydrogen-bond donors (Lipinski definition) is 0. The van der Waals surface area contributed by atoms with Gasteiger partial charge >= 0.3 is 6.18 Å². The third kappa shape index (κ3) is 4.82. The fraction of sp³-hybridized carbons (Fsp3) is 0.476. The molecule has 0 bridgehead atoms. The highest BCUT2D eigenvalue weighted by molar-refractivity contribution is 6.34. The highest BCUT2D eigenvalue weighted by atomic mass is 35.5. The minimum absolute atomic E-state index is 0.000364. The Morgan fingerprint density at radius 1 is 1.12 bits per heavy atom. The second kappa shape index (κ2) is 8.84. The average Bonchev–Trinajstić information content (AvgIpc) is 3.02. The van der Waals surface area contributed by atoms with Gasteiger partial charge in [-0.2, -0.15) is 13.2 Å². The minimum Gasteiger partial charge on any atom is -0.348 e. The molecule has 1 aliphatic rings. The van der Waals surface area contributed by atoms with E-state index in [1.807, 2.05) is 12.1 Å². The van der Waals surface area contributed by atoms with Gasteiger partial charge in [0.15, 0.2) is 5.15 Å². The molecule has 11 heteroatoms. The number of carbonyl (C=O) groups is 1. The van der Waals surface area contributed by atoms with Crippen molar-refractivity contribution in [1.29, 1.82) is 0 Å². The summed E-state index contributed by atoms with van der Waals surface area (Å²) >= 11 is 6.15. The van der Waals surface area contributed by atoms with Gasteiger partial charge in [-0.3, -0.25) is 14.6 Å². The average molecular weight is 469 g/mol. The number of carbonyl (C=O) groups excluding carboxylic acids is 1. The Kier molecular flexibility index (Phi) is 6.28. The van der Waals surface area contributed by atoms with Crippen molar-refractivity contribution in [2.45, 2.75) is 19.3 Å². The van der Waals surface area contributed by atoms with Crippen molar-refractivity contribution in [2.75, 3.05) is 46.8 Å². The first-order valence-corrected chi connectivity index (χ1v) is 10.6. The monoisotopic (exact) mass is 468 g/mol. The summed E-state index contributed by atoms with van der Waals surface area (Å²) in [6.07, 6.45) is -3.13. The van der Waals surface area contributed by atoms with Crippen LogP contribution in [-0.4, -0.2) is 88.1 Å². The minimum atomic E-state index is -4.40. The number of rotatable bonds is 5. The van der Waals surface area contributed by atoms with Crippen LogP contribution in [0.3, 0.4) is 0 Å². The lowest BCUT2D eigenvalue weighted by Crippen LogP contribution is -2.48. The van der Waals surface area contributed by atoms with Crippen molar-refractivity contribution in [3.63, 3.8) is 0 Å². The molecule has 1 saturated heterocycles. The molecule has 3 heterocycles. The largest absolute Gasteiger partial charge is 0.406 e. The van der Waals surface area contributed by atoms with Gasteiger partial charge in [-0.25, -0.2) is 9.97 Å². The van der Waals surface area contributed by atoms with Crippen molar-refractivity contribution in [2.24, 2.45) is 0 Å². The van der Waals surface area contributed by atoms with Crippen molar-refractivity contribution in [1.82, 2.24) is 29.2 Å². The van der Waals surface area contributed by atoms with Crippen LogP contribution >= 0.6 is 11.6 Å². The summed E-state index contributed by atoms with van der Waals surface area (Å²) in [4.78, 5) is 26.0. The fourth-order valence-electron chi connectivity index (χ4n) is 4.06. The SMILES string of the molecule is CN(C)C(=O)CN1CCN(Cc2ccc3c(c2)c2ncnc(Cl)c2n3CC(F)(F)F)CC1. The molecule has 7 nitrogen and oxygen atoms in total. The van der Waals surface area contributed by atoms with Crippen LogP contribution in [0.2, 0.25) is 5.15 Å². The zero-order valence-electron chi connectivity index (χ0n) is 17.9. The zero-order valence-corrected chi connectivity index (χ0v) is 18.6. The Balaban J connectivity index is 1.55. The van der Waals surface area contributed by atoms with Gasteiger partial charge in [-0.1, -0.05) is 17.7 Å². The smallest absolute Gasteiger partial charge is 0.348 e. The standard InChI is InChI=1S/C21H24ClF3N6O/c1-28(2)17(32)11-30-7-5-29(6-8-30)10-14-3-4-16-15(9-14)18-19(20(22)27-13-26-18)31(16)12-21(23,24)25/h3-4,9,13H,5-8,10-12H2,1-2H3. The van der Waals surface area contributed by atoms with E-state index >= 15 is 0 Å². The van der Waals surface area contributed by atoms with E-state index < -0.39 is 12.7 Å². The molecule has 4 rings (SSSR count). The highest BCUT2D eigenvalue weighted by Crippen LogP contribution is 2.34. The van der Waals surface area contributed by atoms with E-state index in [9.17, 15) is 18.0 Å². The summed E-state index contributed by atoms with van der Waals surface area (Å²) in [5.41, 5.74) is 2.02. The van der Waals surface area contributed by atoms with Crippen molar-refractivity contribution < 1.29 is 18.0 Å². The number of nitrogens with zero attached hydrogens (tertiary/aromatic N) is 6. The van der Waals surface area contributed by atoms with Crippen molar-refractivity contribution in [3.8, 4) is 0 Å². The van der Waals surface area contributed by atoms with Crippen LogP contribution in [0.5, 0.6) is 0 Å². The fourth-order valence-corrected chi connectivity index (χ4v) is 4.30. The Morgan fingerprint density at radius 3 is 2.47 bits per heavy atom. The molecule has 1 aromatic carbocycles. The van der Waals surface area contributed by atoms with Crippen LogP contribution in [0.4, 0.5) is 13.2 Å². The third-order valence-corrected chi connectivity index (χ3v) is 6.00. The lowest BCUT2D eigenvalue weighted by molar-refractivity contribution is -0.139. The Morgan fingerprint density at radius 2 is 1.81 bits per heavy atom. The number of hydrogen-bond acceptors (Lipinski definition) is 5. The maximum atomic E-state index is 13.2. The number of alkyl halides is 3. The number of likely N-dealkylation sites (N-methyl/N-ethyl adjacent to an activating group) is 1. The quantitative estimate of drug-likeness (QED) is 0.539. The van der Waals surface area contributed by atoms with Crippen molar-refractivity contribution in [3.05, 3.63) is 35.2 Å². The summed E-state index contributed by atoms with van der Waals surface area (Å²) in [7, 11) is 3.50. The molecule has 1 amide bonds. The molecule has 172 valence electrons. The number of benzene rings is 1. The molecule has 0 atom stereocenters. The molecule has 0 saturated carbocycles. The van der Waals surface area contributed by atoms with Crippen LogP contribution < -0.4 is 0 Å². The number of piperazine rings is 1. The molecule has 0 N–H and O–H groups in total. The van der Waals surface area contributed by atoms with Gasteiger partial charge in [-0.05, 0) is 17.7 Å². The van der Waals surface area contributed by atoms with E-state index in [-0.39, 0.29) is 16.6 Å². The maximum absolute atomic E-state index is 13.2. The highest BCUT2D eigenvalue weighted by Gasteiger charge is 2.31. The Hall–Kier alpha value is -2.43. The first-order chi connectivity index (χ1) is 15.1. The summed E-state index contributed by atoms with van der Waals surface area (Å²) in [5.74, 6) is 0.0831. The predicted octanol–water partition coefficient (Wildman–Crippen LogP) is 3.01. The molecule has 0 spiro atoms. The number of halogens is 4. The molecular weight excluding hydrogens is 445 g/mol. The molecule has 1 aliphatic heterocycles. The number of aromatic nitrogens is 3. The molecule has 3 aromatic rings. The molecule has 0 unspecified atom stereocenters. The summed E-state index contributed by atoms with van der Waals surface area (Å²) in [5, 5.41) is 0.627. The van der Waals surface area contributed by atoms with Gasteiger partial charge in [0.25, 0.3) is 0 Å². The summed E-state index contributed by atoms with van der Waals surface area (Å²) < 4.78 is 40.8. The molecular formula is C21H24ClF3N6O. The first kappa shape index (κ1) is 22.8. The van der Waals surface area contributed by atoms with Gasteiger partial charge < -0.3 is 9.47 Å². The topological polar surface area (TPSA) is 57.5 Å². The number of fused-ring (bicyclic) bond motifs is 3. The van der Waals surface area contributed by atoms with E-state index in [0.29, 0.717) is 29.5 Å². The molecule has 2 aromatic heterocycles. The van der Waals surface area contributed by atoms with Gasteiger partial charge in [-0.15, -0.1) is 0 Å². The predicted molar refractivity (Wildman–Crippen MR) is 117 cm³/mol. The second-order valence-electron chi connectivity index (χ2n) is 8.25. The van der Waals surface area contributed by atoms with E-state index in [2.05, 4.69) is 19.8 Å². The lowest BCUT2D eigenvalue weighted by Gasteiger charge is -2.34. The molecule has 0 radical (unpaired) electrons. The van der Waals surface area contributed by atoms with Crippen LogP contribution in [-0.2, 0) is 17.9 Å². The van der Waals surface area contributed by atoms with E-state index in [4.69, 9.17) is 11.6 Å². The molecule has 1 fully saturated rings. The third-order valence-electron chi connectivity index (χ3n) is 5.72. The van der Waals surface area contributed by atoms with Crippen LogP contribution in [0.25, 0.3) is 21.9 Å². The normalized spacial score (nSPS) is 16.2. The van der Waals surface area contributed by atoms with E-state index in [1.54, 1.807) is 25.1 Å². The van der Waals surface area contributed by atoms with Crippen LogP contribution in [0.15, 0.2) is 24.5 Å². The summed E-state index contributed by atoms with van der Waals surface area (Å²) in [6.45, 7) is 3.10. The number of amides is 1.